The molecular weight excluding hydrogens is 626 g/mol. The molecule has 1 aliphatic carbocycles. The molecule has 0 spiro atoms. The summed E-state index contributed by atoms with van der Waals surface area (Å²) in [6, 6.07) is 22.6. The van der Waals surface area contributed by atoms with Crippen molar-refractivity contribution >= 4 is 55.1 Å². The lowest BCUT2D eigenvalue weighted by Gasteiger charge is -2.35. The molecule has 0 unspecified atom stereocenters. The van der Waals surface area contributed by atoms with Crippen LogP contribution in [0.4, 0.5) is 5.69 Å². The number of nitrogens with one attached hydrogen (secondary N) is 1. The lowest BCUT2D eigenvalue weighted by atomic mass is 9.94. The molecule has 1 atom stereocenters. The fourth-order valence-corrected chi connectivity index (χ4v) is 6.58. The van der Waals surface area contributed by atoms with Crippen molar-refractivity contribution in [1.29, 1.82) is 0 Å². The van der Waals surface area contributed by atoms with Gasteiger partial charge in [-0.2, -0.15) is 0 Å². The van der Waals surface area contributed by atoms with E-state index in [0.717, 1.165) is 48.2 Å². The van der Waals surface area contributed by atoms with E-state index < -0.39 is 28.5 Å². The quantitative estimate of drug-likeness (QED) is 0.275. The summed E-state index contributed by atoms with van der Waals surface area (Å²) in [6.45, 7) is -0.425. The number of rotatable bonds is 11. The molecule has 3 aromatic rings. The fourth-order valence-electron chi connectivity index (χ4n) is 5.15. The third-order valence-electron chi connectivity index (χ3n) is 7.30. The second-order valence-corrected chi connectivity index (χ2v) is 13.6. The molecule has 0 aromatic heterocycles. The van der Waals surface area contributed by atoms with Gasteiger partial charge in [0.05, 0.1) is 11.9 Å². The molecule has 3 aromatic carbocycles. The average molecular weight is 661 g/mol. The fraction of sp³-hybridized carbons (Fsp3) is 0.355. The topological polar surface area (TPSA) is 86.8 Å². The van der Waals surface area contributed by atoms with Crippen LogP contribution in [0.2, 0.25) is 5.02 Å². The first kappa shape index (κ1) is 31.1. The van der Waals surface area contributed by atoms with E-state index in [2.05, 4.69) is 21.2 Å². The van der Waals surface area contributed by atoms with Crippen LogP contribution >= 0.6 is 27.5 Å². The van der Waals surface area contributed by atoms with Gasteiger partial charge in [-0.1, -0.05) is 101 Å². The standard InChI is InChI=1S/C31H35BrClN3O4S/c1-41(39,40)36(27-17-10-14-25(32)20-27)22-30(37)35(21-24-13-8-9-18-28(24)33)29(19-23-11-4-2-5-12-23)31(38)34-26-15-6-3-7-16-26/h2,4-5,8-14,17-18,20,26,29H,3,6-7,15-16,19,21-22H2,1H3,(H,34,38)/t29-/m1/s1. The van der Waals surface area contributed by atoms with Gasteiger partial charge in [-0.3, -0.25) is 13.9 Å². The molecular formula is C31H35BrClN3O4S. The van der Waals surface area contributed by atoms with E-state index in [1.807, 2.05) is 42.5 Å². The summed E-state index contributed by atoms with van der Waals surface area (Å²) in [5, 5.41) is 3.66. The Hall–Kier alpha value is -2.88. The zero-order valence-corrected chi connectivity index (χ0v) is 26.2. The van der Waals surface area contributed by atoms with E-state index in [9.17, 15) is 18.0 Å². The molecule has 2 amide bonds. The summed E-state index contributed by atoms with van der Waals surface area (Å²) in [7, 11) is -3.83. The molecule has 7 nitrogen and oxygen atoms in total. The van der Waals surface area contributed by atoms with Crippen LogP contribution in [0.25, 0.3) is 0 Å². The normalized spacial score (nSPS) is 14.7. The van der Waals surface area contributed by atoms with Crippen molar-refractivity contribution in [1.82, 2.24) is 10.2 Å². The van der Waals surface area contributed by atoms with Crippen molar-refractivity contribution in [2.45, 2.75) is 57.2 Å². The van der Waals surface area contributed by atoms with Crippen molar-refractivity contribution in [2.75, 3.05) is 17.1 Å². The van der Waals surface area contributed by atoms with Gasteiger partial charge in [-0.25, -0.2) is 8.42 Å². The van der Waals surface area contributed by atoms with Gasteiger partial charge >= 0.3 is 0 Å². The summed E-state index contributed by atoms with van der Waals surface area (Å²) in [6.07, 6.45) is 6.37. The maximum absolute atomic E-state index is 14.2. The lowest BCUT2D eigenvalue weighted by Crippen LogP contribution is -2.55. The highest BCUT2D eigenvalue weighted by atomic mass is 79.9. The highest BCUT2D eigenvalue weighted by molar-refractivity contribution is 9.10. The van der Waals surface area contributed by atoms with Crippen LogP contribution in [0, 0.1) is 0 Å². The van der Waals surface area contributed by atoms with Gasteiger partial charge in [-0.15, -0.1) is 0 Å². The highest BCUT2D eigenvalue weighted by Gasteiger charge is 2.34. The number of hydrogen-bond donors (Lipinski definition) is 1. The molecule has 1 fully saturated rings. The molecule has 1 N–H and O–H groups in total. The Labute approximate surface area is 256 Å². The Balaban J connectivity index is 1.73. The zero-order valence-electron chi connectivity index (χ0n) is 23.0. The molecule has 0 saturated heterocycles. The number of sulfonamides is 1. The zero-order chi connectivity index (χ0) is 29.4. The van der Waals surface area contributed by atoms with Crippen LogP contribution in [0.1, 0.15) is 43.2 Å². The lowest BCUT2D eigenvalue weighted by molar-refractivity contribution is -0.140. The number of carbonyl (C=O) groups is 2. The largest absolute Gasteiger partial charge is 0.352 e. The van der Waals surface area contributed by atoms with Gasteiger partial charge in [0.25, 0.3) is 0 Å². The molecule has 4 rings (SSSR count). The number of halogens is 2. The van der Waals surface area contributed by atoms with Gasteiger partial charge in [0, 0.05) is 28.5 Å². The van der Waals surface area contributed by atoms with Crippen molar-refractivity contribution in [3.05, 3.63) is 99.5 Å². The molecule has 41 heavy (non-hydrogen) atoms. The molecule has 0 aliphatic heterocycles. The monoisotopic (exact) mass is 659 g/mol. The third-order valence-corrected chi connectivity index (χ3v) is 9.30. The van der Waals surface area contributed by atoms with Gasteiger partial charge in [-0.05, 0) is 48.2 Å². The predicted octanol–water partition coefficient (Wildman–Crippen LogP) is 5.96. The molecule has 0 bridgehead atoms. The minimum absolute atomic E-state index is 0.0426. The minimum atomic E-state index is -3.83. The van der Waals surface area contributed by atoms with Gasteiger partial charge in [0.1, 0.15) is 12.6 Å². The third kappa shape index (κ3) is 8.80. The van der Waals surface area contributed by atoms with Crippen molar-refractivity contribution < 1.29 is 18.0 Å². The number of carbonyl (C=O) groups excluding carboxylic acids is 2. The maximum atomic E-state index is 14.2. The van der Waals surface area contributed by atoms with Crippen LogP contribution in [0.5, 0.6) is 0 Å². The maximum Gasteiger partial charge on any atom is 0.244 e. The Morgan fingerprint density at radius 1 is 0.976 bits per heavy atom. The summed E-state index contributed by atoms with van der Waals surface area (Å²) in [4.78, 5) is 29.6. The number of anilines is 1. The van der Waals surface area contributed by atoms with E-state index in [4.69, 9.17) is 11.6 Å². The molecule has 218 valence electrons. The highest BCUT2D eigenvalue weighted by Crippen LogP contribution is 2.25. The van der Waals surface area contributed by atoms with E-state index >= 15 is 0 Å². The SMILES string of the molecule is CS(=O)(=O)N(CC(=O)N(Cc1ccccc1Cl)[C@H](Cc1ccccc1)C(=O)NC1CCCCC1)c1cccc(Br)c1. The van der Waals surface area contributed by atoms with E-state index in [0.29, 0.717) is 20.7 Å². The van der Waals surface area contributed by atoms with Gasteiger partial charge in [0.15, 0.2) is 0 Å². The summed E-state index contributed by atoms with van der Waals surface area (Å²) in [5.41, 5.74) is 1.90. The number of hydrogen-bond acceptors (Lipinski definition) is 4. The summed E-state index contributed by atoms with van der Waals surface area (Å²) in [5.74, 6) is -0.760. The number of amides is 2. The Kier molecular flexibility index (Phi) is 10.9. The van der Waals surface area contributed by atoms with Crippen molar-refractivity contribution in [3.63, 3.8) is 0 Å². The minimum Gasteiger partial charge on any atom is -0.352 e. The Morgan fingerprint density at radius 2 is 1.66 bits per heavy atom. The second-order valence-electron chi connectivity index (χ2n) is 10.4. The Bertz CT molecular complexity index is 1450. The van der Waals surface area contributed by atoms with Crippen molar-refractivity contribution in [3.8, 4) is 0 Å². The van der Waals surface area contributed by atoms with E-state index in [-0.39, 0.29) is 24.9 Å². The molecule has 1 aliphatic rings. The van der Waals surface area contributed by atoms with Crippen molar-refractivity contribution in [2.24, 2.45) is 0 Å². The first-order valence-electron chi connectivity index (χ1n) is 13.7. The van der Waals surface area contributed by atoms with E-state index in [1.165, 1.54) is 4.90 Å². The molecule has 10 heteroatoms. The van der Waals surface area contributed by atoms with Crippen LogP contribution in [-0.2, 0) is 32.6 Å². The van der Waals surface area contributed by atoms with E-state index in [1.54, 1.807) is 36.4 Å². The van der Waals surface area contributed by atoms with Crippen LogP contribution in [0.3, 0.4) is 0 Å². The van der Waals surface area contributed by atoms with Crippen LogP contribution in [-0.4, -0.2) is 50.0 Å². The average Bonchev–Trinajstić information content (AvgIpc) is 2.95. The van der Waals surface area contributed by atoms with Crippen LogP contribution < -0.4 is 9.62 Å². The predicted molar refractivity (Wildman–Crippen MR) is 167 cm³/mol. The summed E-state index contributed by atoms with van der Waals surface area (Å²) >= 11 is 9.90. The summed E-state index contributed by atoms with van der Waals surface area (Å²) < 4.78 is 27.6. The van der Waals surface area contributed by atoms with Crippen LogP contribution in [0.15, 0.2) is 83.3 Å². The van der Waals surface area contributed by atoms with Gasteiger partial charge < -0.3 is 10.2 Å². The molecule has 0 radical (unpaired) electrons. The smallest absolute Gasteiger partial charge is 0.244 e. The second kappa shape index (κ2) is 14.3. The van der Waals surface area contributed by atoms with Gasteiger partial charge in [0.2, 0.25) is 21.8 Å². The molecule has 0 heterocycles. The first-order chi connectivity index (χ1) is 19.6. The molecule has 1 saturated carbocycles. The Morgan fingerprint density at radius 3 is 2.32 bits per heavy atom. The number of nitrogens with zero attached hydrogens (tertiary/aromatic N) is 2. The number of benzene rings is 3. The first-order valence-corrected chi connectivity index (χ1v) is 16.7.